The number of hydrogen-bond donors (Lipinski definition) is 1. The van der Waals surface area contributed by atoms with Gasteiger partial charge in [0.2, 0.25) is 0 Å². The predicted molar refractivity (Wildman–Crippen MR) is 67.2 cm³/mol. The summed E-state index contributed by atoms with van der Waals surface area (Å²) in [6.45, 7) is 8.93. The van der Waals surface area contributed by atoms with Crippen molar-refractivity contribution in [2.75, 3.05) is 13.1 Å². The molecule has 1 nitrogen and oxygen atoms in total. The van der Waals surface area contributed by atoms with Crippen molar-refractivity contribution in [3.8, 4) is 0 Å². The SMILES string of the molecule is CCNCC(c1ccccc1)C(C)CC. The third-order valence-corrected chi connectivity index (χ3v) is 3.17. The summed E-state index contributed by atoms with van der Waals surface area (Å²) >= 11 is 0. The summed E-state index contributed by atoms with van der Waals surface area (Å²) < 4.78 is 0. The summed E-state index contributed by atoms with van der Waals surface area (Å²) in [7, 11) is 0. The molecule has 0 aliphatic rings. The molecule has 84 valence electrons. The Kier molecular flexibility index (Phi) is 5.41. The van der Waals surface area contributed by atoms with Gasteiger partial charge in [0.15, 0.2) is 0 Å². The van der Waals surface area contributed by atoms with Crippen LogP contribution < -0.4 is 5.32 Å². The van der Waals surface area contributed by atoms with Crippen LogP contribution in [0.5, 0.6) is 0 Å². The first kappa shape index (κ1) is 12.3. The smallest absolute Gasteiger partial charge is 0.00226 e. The van der Waals surface area contributed by atoms with Gasteiger partial charge in [-0.05, 0) is 23.9 Å². The molecule has 0 bridgehead atoms. The monoisotopic (exact) mass is 205 g/mol. The highest BCUT2D eigenvalue weighted by atomic mass is 14.8. The quantitative estimate of drug-likeness (QED) is 0.750. The van der Waals surface area contributed by atoms with E-state index in [9.17, 15) is 0 Å². The first-order chi connectivity index (χ1) is 7.29. The molecule has 1 rings (SSSR count). The van der Waals surface area contributed by atoms with Crippen molar-refractivity contribution in [3.05, 3.63) is 35.9 Å². The van der Waals surface area contributed by atoms with Crippen LogP contribution in [0.4, 0.5) is 0 Å². The average Bonchev–Trinajstić information content (AvgIpc) is 2.30. The van der Waals surface area contributed by atoms with E-state index in [1.54, 1.807) is 0 Å². The summed E-state index contributed by atoms with van der Waals surface area (Å²) in [5, 5.41) is 3.46. The molecule has 0 radical (unpaired) electrons. The number of rotatable bonds is 6. The Morgan fingerprint density at radius 1 is 1.13 bits per heavy atom. The number of likely N-dealkylation sites (N-methyl/N-ethyl adjacent to an activating group) is 1. The van der Waals surface area contributed by atoms with Crippen molar-refractivity contribution < 1.29 is 0 Å². The van der Waals surface area contributed by atoms with Gasteiger partial charge in [-0.1, -0.05) is 57.5 Å². The van der Waals surface area contributed by atoms with E-state index in [2.05, 4.69) is 56.4 Å². The molecule has 0 heterocycles. The Morgan fingerprint density at radius 2 is 1.80 bits per heavy atom. The Balaban J connectivity index is 2.72. The maximum Gasteiger partial charge on any atom is 0.00226 e. The van der Waals surface area contributed by atoms with Gasteiger partial charge in [-0.25, -0.2) is 0 Å². The second-order valence-corrected chi connectivity index (χ2v) is 4.21. The lowest BCUT2D eigenvalue weighted by Gasteiger charge is -2.23. The minimum absolute atomic E-state index is 0.649. The zero-order valence-electron chi connectivity index (χ0n) is 10.2. The van der Waals surface area contributed by atoms with Crippen molar-refractivity contribution in [1.82, 2.24) is 5.32 Å². The number of hydrogen-bond acceptors (Lipinski definition) is 1. The van der Waals surface area contributed by atoms with Crippen LogP contribution in [0.3, 0.4) is 0 Å². The fraction of sp³-hybridized carbons (Fsp3) is 0.571. The van der Waals surface area contributed by atoms with Crippen LogP contribution in [0, 0.1) is 5.92 Å². The van der Waals surface area contributed by atoms with Crippen LogP contribution in [-0.4, -0.2) is 13.1 Å². The molecule has 1 heteroatoms. The lowest BCUT2D eigenvalue weighted by atomic mass is 9.85. The van der Waals surface area contributed by atoms with Gasteiger partial charge >= 0.3 is 0 Å². The van der Waals surface area contributed by atoms with Crippen LogP contribution in [0.15, 0.2) is 30.3 Å². The van der Waals surface area contributed by atoms with Crippen molar-refractivity contribution in [3.63, 3.8) is 0 Å². The fourth-order valence-electron chi connectivity index (χ4n) is 1.93. The Morgan fingerprint density at radius 3 is 2.33 bits per heavy atom. The molecule has 0 amide bonds. The fourth-order valence-corrected chi connectivity index (χ4v) is 1.93. The molecule has 0 aromatic heterocycles. The number of nitrogens with one attached hydrogen (secondary N) is 1. The Labute approximate surface area is 93.9 Å². The molecule has 2 atom stereocenters. The van der Waals surface area contributed by atoms with Gasteiger partial charge in [0.1, 0.15) is 0 Å². The second kappa shape index (κ2) is 6.62. The molecule has 15 heavy (non-hydrogen) atoms. The third-order valence-electron chi connectivity index (χ3n) is 3.17. The second-order valence-electron chi connectivity index (χ2n) is 4.21. The van der Waals surface area contributed by atoms with E-state index >= 15 is 0 Å². The number of benzene rings is 1. The van der Waals surface area contributed by atoms with Crippen LogP contribution in [0.25, 0.3) is 0 Å². The van der Waals surface area contributed by atoms with Gasteiger partial charge in [-0.3, -0.25) is 0 Å². The lowest BCUT2D eigenvalue weighted by Crippen LogP contribution is -2.25. The van der Waals surface area contributed by atoms with Crippen LogP contribution in [0.2, 0.25) is 0 Å². The molecular weight excluding hydrogens is 182 g/mol. The molecule has 1 aromatic carbocycles. The molecule has 1 N–H and O–H groups in total. The first-order valence-electron chi connectivity index (χ1n) is 6.05. The van der Waals surface area contributed by atoms with E-state index in [1.807, 2.05) is 0 Å². The van der Waals surface area contributed by atoms with Gasteiger partial charge in [-0.2, -0.15) is 0 Å². The maximum atomic E-state index is 3.46. The van der Waals surface area contributed by atoms with E-state index in [0.29, 0.717) is 5.92 Å². The van der Waals surface area contributed by atoms with E-state index < -0.39 is 0 Å². The first-order valence-corrected chi connectivity index (χ1v) is 6.05. The van der Waals surface area contributed by atoms with Gasteiger partial charge < -0.3 is 5.32 Å². The third kappa shape index (κ3) is 3.67. The van der Waals surface area contributed by atoms with E-state index in [-0.39, 0.29) is 0 Å². The predicted octanol–water partition coefficient (Wildman–Crippen LogP) is 3.43. The molecule has 0 saturated carbocycles. The van der Waals surface area contributed by atoms with Gasteiger partial charge in [0.25, 0.3) is 0 Å². The molecule has 0 aliphatic carbocycles. The van der Waals surface area contributed by atoms with Crippen LogP contribution >= 0.6 is 0 Å². The maximum absolute atomic E-state index is 3.46. The van der Waals surface area contributed by atoms with Gasteiger partial charge in [0.05, 0.1) is 0 Å². The zero-order chi connectivity index (χ0) is 11.1. The summed E-state index contributed by atoms with van der Waals surface area (Å²) in [6.07, 6.45) is 1.24. The molecule has 0 saturated heterocycles. The average molecular weight is 205 g/mol. The minimum Gasteiger partial charge on any atom is -0.316 e. The highest BCUT2D eigenvalue weighted by Crippen LogP contribution is 2.25. The molecule has 0 fully saturated rings. The topological polar surface area (TPSA) is 12.0 Å². The molecular formula is C14H23N. The molecule has 2 unspecified atom stereocenters. The van der Waals surface area contributed by atoms with Crippen molar-refractivity contribution in [1.29, 1.82) is 0 Å². The standard InChI is InChI=1S/C14H23N/c1-4-12(3)14(11-15-5-2)13-9-7-6-8-10-13/h6-10,12,14-15H,4-5,11H2,1-3H3. The summed E-state index contributed by atoms with van der Waals surface area (Å²) in [6, 6.07) is 10.8. The Bertz CT molecular complexity index is 255. The normalized spacial score (nSPS) is 14.9. The summed E-state index contributed by atoms with van der Waals surface area (Å²) in [5.74, 6) is 1.39. The Hall–Kier alpha value is -0.820. The molecule has 0 spiro atoms. The van der Waals surface area contributed by atoms with Gasteiger partial charge in [0, 0.05) is 6.54 Å². The minimum atomic E-state index is 0.649. The highest BCUT2D eigenvalue weighted by Gasteiger charge is 2.16. The largest absolute Gasteiger partial charge is 0.316 e. The van der Waals surface area contributed by atoms with E-state index in [4.69, 9.17) is 0 Å². The van der Waals surface area contributed by atoms with Gasteiger partial charge in [-0.15, -0.1) is 0 Å². The van der Waals surface area contributed by atoms with Crippen LogP contribution in [-0.2, 0) is 0 Å². The summed E-state index contributed by atoms with van der Waals surface area (Å²) in [5.41, 5.74) is 1.47. The van der Waals surface area contributed by atoms with Crippen LogP contribution in [0.1, 0.15) is 38.7 Å². The summed E-state index contributed by atoms with van der Waals surface area (Å²) in [4.78, 5) is 0. The lowest BCUT2D eigenvalue weighted by molar-refractivity contribution is 0.424. The molecule has 0 aliphatic heterocycles. The van der Waals surface area contributed by atoms with E-state index in [0.717, 1.165) is 19.0 Å². The molecule has 1 aromatic rings. The van der Waals surface area contributed by atoms with Crippen molar-refractivity contribution in [2.24, 2.45) is 5.92 Å². The van der Waals surface area contributed by atoms with Crippen molar-refractivity contribution in [2.45, 2.75) is 33.1 Å². The zero-order valence-corrected chi connectivity index (χ0v) is 10.2. The van der Waals surface area contributed by atoms with Crippen molar-refractivity contribution >= 4 is 0 Å². The van der Waals surface area contributed by atoms with E-state index in [1.165, 1.54) is 12.0 Å². The highest BCUT2D eigenvalue weighted by molar-refractivity contribution is 5.20.